The van der Waals surface area contributed by atoms with Crippen LogP contribution in [0.3, 0.4) is 0 Å². The predicted octanol–water partition coefficient (Wildman–Crippen LogP) is 1.29. The van der Waals surface area contributed by atoms with E-state index < -0.39 is 10.8 Å². The van der Waals surface area contributed by atoms with E-state index in [9.17, 15) is 4.21 Å². The quantitative estimate of drug-likeness (QED) is 0.752. The van der Waals surface area contributed by atoms with Crippen LogP contribution in [-0.4, -0.2) is 34.5 Å². The zero-order chi connectivity index (χ0) is 11.3. The molecule has 1 aliphatic rings. The van der Waals surface area contributed by atoms with Crippen LogP contribution >= 0.6 is 0 Å². The van der Waals surface area contributed by atoms with Crippen molar-refractivity contribution in [2.75, 3.05) is 18.1 Å². The van der Waals surface area contributed by atoms with Gasteiger partial charge in [0.1, 0.15) is 0 Å². The van der Waals surface area contributed by atoms with Crippen molar-refractivity contribution in [1.82, 2.24) is 0 Å². The molecule has 4 atom stereocenters. The van der Waals surface area contributed by atoms with Gasteiger partial charge >= 0.3 is 0 Å². The third kappa shape index (κ3) is 4.62. The van der Waals surface area contributed by atoms with Crippen molar-refractivity contribution < 1.29 is 8.95 Å². The molecule has 0 aromatic carbocycles. The molecule has 1 heterocycles. The Hall–Kier alpha value is 0.0700. The number of hydrogen-bond donors (Lipinski definition) is 1. The highest BCUT2D eigenvalue weighted by Crippen LogP contribution is 2.14. The first-order valence-electron chi connectivity index (χ1n) is 5.85. The highest BCUT2D eigenvalue weighted by atomic mass is 32.2. The van der Waals surface area contributed by atoms with E-state index in [0.717, 1.165) is 25.9 Å². The van der Waals surface area contributed by atoms with Crippen LogP contribution in [-0.2, 0) is 15.5 Å². The van der Waals surface area contributed by atoms with E-state index in [-0.39, 0.29) is 12.1 Å². The zero-order valence-electron chi connectivity index (χ0n) is 9.78. The van der Waals surface area contributed by atoms with E-state index in [4.69, 9.17) is 10.5 Å². The topological polar surface area (TPSA) is 52.3 Å². The lowest BCUT2D eigenvalue weighted by Crippen LogP contribution is -2.35. The molecule has 0 radical (unpaired) electrons. The van der Waals surface area contributed by atoms with Gasteiger partial charge in [0.15, 0.2) is 0 Å². The van der Waals surface area contributed by atoms with Gasteiger partial charge in [-0.3, -0.25) is 4.21 Å². The summed E-state index contributed by atoms with van der Waals surface area (Å²) in [7, 11) is -0.812. The Bertz CT molecular complexity index is 205. The summed E-state index contributed by atoms with van der Waals surface area (Å²) in [5.41, 5.74) is 5.97. The van der Waals surface area contributed by atoms with Crippen LogP contribution in [0.2, 0.25) is 0 Å². The molecule has 1 aliphatic heterocycles. The lowest BCUT2D eigenvalue weighted by atomic mass is 10.0. The number of hydrogen-bond acceptors (Lipinski definition) is 3. The van der Waals surface area contributed by atoms with E-state index in [0.29, 0.717) is 17.4 Å². The minimum atomic E-state index is -0.812. The lowest BCUT2D eigenvalue weighted by molar-refractivity contribution is 0.128. The number of ether oxygens (including phenoxy) is 1. The van der Waals surface area contributed by atoms with Crippen molar-refractivity contribution in [1.29, 1.82) is 0 Å². The second kappa shape index (κ2) is 6.61. The predicted molar refractivity (Wildman–Crippen MR) is 64.3 cm³/mol. The van der Waals surface area contributed by atoms with Crippen molar-refractivity contribution in [2.45, 2.75) is 45.3 Å². The minimum Gasteiger partial charge on any atom is -0.377 e. The second-order valence-electron chi connectivity index (χ2n) is 4.46. The van der Waals surface area contributed by atoms with Gasteiger partial charge in [-0.15, -0.1) is 0 Å². The molecule has 0 saturated carbocycles. The average Bonchev–Trinajstić information content (AvgIpc) is 2.68. The van der Waals surface area contributed by atoms with Crippen molar-refractivity contribution in [3.63, 3.8) is 0 Å². The van der Waals surface area contributed by atoms with Crippen LogP contribution in [0.15, 0.2) is 0 Å². The maximum Gasteiger partial charge on any atom is 0.0691 e. The second-order valence-corrected chi connectivity index (χ2v) is 6.00. The van der Waals surface area contributed by atoms with Crippen molar-refractivity contribution in [2.24, 2.45) is 11.7 Å². The Morgan fingerprint density at radius 1 is 1.60 bits per heavy atom. The maximum absolute atomic E-state index is 11.8. The summed E-state index contributed by atoms with van der Waals surface area (Å²) in [6.45, 7) is 5.07. The van der Waals surface area contributed by atoms with Gasteiger partial charge in [0, 0.05) is 35.0 Å². The van der Waals surface area contributed by atoms with Crippen molar-refractivity contribution in [3.05, 3.63) is 0 Å². The third-order valence-electron chi connectivity index (χ3n) is 3.15. The molecule has 1 saturated heterocycles. The van der Waals surface area contributed by atoms with Crippen LogP contribution in [0.4, 0.5) is 0 Å². The Kier molecular flexibility index (Phi) is 5.79. The first-order valence-corrected chi connectivity index (χ1v) is 7.34. The molecule has 4 heteroatoms. The van der Waals surface area contributed by atoms with Crippen LogP contribution in [0.25, 0.3) is 0 Å². The Labute approximate surface area is 95.2 Å². The van der Waals surface area contributed by atoms with Gasteiger partial charge in [-0.2, -0.15) is 0 Å². The molecule has 0 aliphatic carbocycles. The zero-order valence-corrected chi connectivity index (χ0v) is 10.6. The van der Waals surface area contributed by atoms with Crippen LogP contribution < -0.4 is 5.73 Å². The van der Waals surface area contributed by atoms with Crippen molar-refractivity contribution >= 4 is 10.8 Å². The summed E-state index contributed by atoms with van der Waals surface area (Å²) < 4.78 is 17.2. The molecule has 0 bridgehead atoms. The smallest absolute Gasteiger partial charge is 0.0691 e. The Morgan fingerprint density at radius 3 is 2.87 bits per heavy atom. The largest absolute Gasteiger partial charge is 0.377 e. The summed E-state index contributed by atoms with van der Waals surface area (Å²) in [6, 6.07) is 0.0669. The van der Waals surface area contributed by atoms with Gasteiger partial charge in [-0.25, -0.2) is 0 Å². The molecule has 0 amide bonds. The Balaban J connectivity index is 2.22. The monoisotopic (exact) mass is 233 g/mol. The first-order chi connectivity index (χ1) is 7.13. The third-order valence-corrected chi connectivity index (χ3v) is 4.65. The summed E-state index contributed by atoms with van der Waals surface area (Å²) >= 11 is 0. The molecule has 3 nitrogen and oxygen atoms in total. The van der Waals surface area contributed by atoms with Gasteiger partial charge in [0.05, 0.1) is 6.10 Å². The van der Waals surface area contributed by atoms with E-state index in [1.54, 1.807) is 0 Å². The van der Waals surface area contributed by atoms with Gasteiger partial charge in [-0.05, 0) is 18.8 Å². The number of rotatable bonds is 6. The van der Waals surface area contributed by atoms with Crippen LogP contribution in [0, 0.1) is 5.92 Å². The molecule has 1 fully saturated rings. The van der Waals surface area contributed by atoms with E-state index in [1.165, 1.54) is 0 Å². The highest BCUT2D eigenvalue weighted by molar-refractivity contribution is 7.85. The fraction of sp³-hybridized carbons (Fsp3) is 1.00. The first kappa shape index (κ1) is 13.1. The maximum atomic E-state index is 11.8. The van der Waals surface area contributed by atoms with E-state index >= 15 is 0 Å². The Morgan fingerprint density at radius 2 is 2.33 bits per heavy atom. The molecular weight excluding hydrogens is 210 g/mol. The van der Waals surface area contributed by atoms with Gasteiger partial charge in [0.2, 0.25) is 0 Å². The summed E-state index contributed by atoms with van der Waals surface area (Å²) in [4.78, 5) is 0. The van der Waals surface area contributed by atoms with Gasteiger partial charge in [0.25, 0.3) is 0 Å². The fourth-order valence-corrected chi connectivity index (χ4v) is 3.30. The highest BCUT2D eigenvalue weighted by Gasteiger charge is 2.20. The average molecular weight is 233 g/mol. The van der Waals surface area contributed by atoms with Crippen LogP contribution in [0.5, 0.6) is 0 Å². The van der Waals surface area contributed by atoms with E-state index in [1.807, 2.05) is 0 Å². The normalized spacial score (nSPS) is 27.5. The lowest BCUT2D eigenvalue weighted by Gasteiger charge is -2.18. The SMILES string of the molecule is CCC(C)C(N)CS(=O)CC1CCCO1. The summed E-state index contributed by atoms with van der Waals surface area (Å²) in [5, 5.41) is 0. The summed E-state index contributed by atoms with van der Waals surface area (Å²) in [5.74, 6) is 1.75. The minimum absolute atomic E-state index is 0.0669. The van der Waals surface area contributed by atoms with E-state index in [2.05, 4.69) is 13.8 Å². The molecule has 2 N–H and O–H groups in total. The molecule has 4 unspecified atom stereocenters. The molecule has 0 aromatic heterocycles. The van der Waals surface area contributed by atoms with Gasteiger partial charge in [-0.1, -0.05) is 20.3 Å². The molecule has 0 spiro atoms. The standard InChI is InChI=1S/C11H23NO2S/c1-3-9(2)11(12)8-15(13)7-10-5-4-6-14-10/h9-11H,3-8,12H2,1-2H3. The molecule has 15 heavy (non-hydrogen) atoms. The molecule has 0 aromatic rings. The van der Waals surface area contributed by atoms with Crippen LogP contribution in [0.1, 0.15) is 33.1 Å². The molecule has 90 valence electrons. The fourth-order valence-electron chi connectivity index (χ4n) is 1.73. The van der Waals surface area contributed by atoms with Crippen molar-refractivity contribution in [3.8, 4) is 0 Å². The number of nitrogens with two attached hydrogens (primary N) is 1. The summed E-state index contributed by atoms with van der Waals surface area (Å²) in [6.07, 6.45) is 3.44. The molecule has 1 rings (SSSR count). The van der Waals surface area contributed by atoms with Gasteiger partial charge < -0.3 is 10.5 Å². The molecular formula is C11H23NO2S.